The maximum Gasteiger partial charge on any atom is 0.441 e. The molecule has 0 atom stereocenters. The zero-order valence-electron chi connectivity index (χ0n) is 10.1. The van der Waals surface area contributed by atoms with Crippen LogP contribution in [0, 0.1) is 0 Å². The van der Waals surface area contributed by atoms with Crippen LogP contribution in [0.25, 0.3) is 0 Å². The molecule has 0 aliphatic heterocycles. The first-order valence-electron chi connectivity index (χ1n) is 5.26. The van der Waals surface area contributed by atoms with Gasteiger partial charge in [0.25, 0.3) is 5.91 Å². The topological polar surface area (TPSA) is 64.3 Å². The highest BCUT2D eigenvalue weighted by molar-refractivity contribution is 8.00. The predicted octanol–water partition coefficient (Wildman–Crippen LogP) is 2.26. The molecule has 1 aromatic carbocycles. The number of amides is 1. The summed E-state index contributed by atoms with van der Waals surface area (Å²) in [7, 11) is 1.46. The van der Waals surface area contributed by atoms with Gasteiger partial charge in [0.2, 0.25) is 0 Å². The van der Waals surface area contributed by atoms with Crippen LogP contribution in [0.4, 0.5) is 18.9 Å². The van der Waals surface area contributed by atoms with Crippen LogP contribution in [-0.4, -0.2) is 30.8 Å². The van der Waals surface area contributed by atoms with Crippen LogP contribution in [0.3, 0.4) is 0 Å². The van der Waals surface area contributed by atoms with Crippen molar-refractivity contribution in [1.29, 1.82) is 0 Å². The molecule has 0 saturated heterocycles. The van der Waals surface area contributed by atoms with E-state index in [0.29, 0.717) is 5.75 Å². The average Bonchev–Trinajstić information content (AvgIpc) is 2.33. The van der Waals surface area contributed by atoms with E-state index in [1.165, 1.54) is 19.2 Å². The third kappa shape index (κ3) is 5.29. The number of methoxy groups -OCH3 is 1. The summed E-state index contributed by atoms with van der Waals surface area (Å²) in [6, 6.07) is 4.48. The lowest BCUT2D eigenvalue weighted by Crippen LogP contribution is -2.27. The number of hydrogen-bond donors (Lipinski definition) is 2. The van der Waals surface area contributed by atoms with Gasteiger partial charge in [0, 0.05) is 24.1 Å². The molecule has 0 fully saturated rings. The van der Waals surface area contributed by atoms with Gasteiger partial charge in [-0.25, -0.2) is 0 Å². The van der Waals surface area contributed by atoms with E-state index in [0.717, 1.165) is 0 Å². The summed E-state index contributed by atoms with van der Waals surface area (Å²) in [5.41, 5.74) is 1.77. The van der Waals surface area contributed by atoms with Crippen molar-refractivity contribution in [1.82, 2.24) is 5.32 Å². The molecule has 106 valence electrons. The van der Waals surface area contributed by atoms with Crippen molar-refractivity contribution in [2.75, 3.05) is 25.1 Å². The quantitative estimate of drug-likeness (QED) is 0.646. The van der Waals surface area contributed by atoms with E-state index in [1.807, 2.05) is 0 Å². The molecule has 0 saturated carbocycles. The Kier molecular flexibility index (Phi) is 5.34. The number of alkyl halides is 3. The van der Waals surface area contributed by atoms with Crippen molar-refractivity contribution in [3.8, 4) is 5.75 Å². The molecule has 0 aromatic heterocycles. The van der Waals surface area contributed by atoms with Gasteiger partial charge in [0.05, 0.1) is 12.7 Å². The zero-order chi connectivity index (χ0) is 14.5. The highest BCUT2D eigenvalue weighted by Gasteiger charge is 2.27. The van der Waals surface area contributed by atoms with Crippen LogP contribution in [-0.2, 0) is 0 Å². The zero-order valence-corrected chi connectivity index (χ0v) is 10.9. The second-order valence-electron chi connectivity index (χ2n) is 3.50. The lowest BCUT2D eigenvalue weighted by Gasteiger charge is -2.09. The number of anilines is 1. The second kappa shape index (κ2) is 6.55. The number of benzene rings is 1. The molecule has 1 rings (SSSR count). The van der Waals surface area contributed by atoms with Gasteiger partial charge in [-0.2, -0.15) is 13.2 Å². The first-order valence-corrected chi connectivity index (χ1v) is 6.24. The van der Waals surface area contributed by atoms with E-state index < -0.39 is 11.4 Å². The Hall–Kier alpha value is -1.57. The molecule has 4 nitrogen and oxygen atoms in total. The largest absolute Gasteiger partial charge is 0.497 e. The summed E-state index contributed by atoms with van der Waals surface area (Å²) in [5.74, 6) is -0.254. The monoisotopic (exact) mass is 294 g/mol. The molecule has 8 heteroatoms. The number of halogens is 3. The van der Waals surface area contributed by atoms with Crippen molar-refractivity contribution in [2.24, 2.45) is 0 Å². The normalized spacial score (nSPS) is 11.2. The molecule has 19 heavy (non-hydrogen) atoms. The Morgan fingerprint density at radius 1 is 1.47 bits per heavy atom. The Morgan fingerprint density at radius 2 is 2.16 bits per heavy atom. The van der Waals surface area contributed by atoms with Crippen molar-refractivity contribution in [3.63, 3.8) is 0 Å². The van der Waals surface area contributed by atoms with E-state index in [2.05, 4.69) is 5.32 Å². The fraction of sp³-hybridized carbons (Fsp3) is 0.364. The van der Waals surface area contributed by atoms with Gasteiger partial charge in [-0.05, 0) is 23.9 Å². The number of rotatable bonds is 5. The van der Waals surface area contributed by atoms with E-state index in [-0.39, 0.29) is 35.3 Å². The minimum atomic E-state index is -4.29. The van der Waals surface area contributed by atoms with E-state index in [9.17, 15) is 18.0 Å². The fourth-order valence-corrected chi connectivity index (χ4v) is 1.74. The van der Waals surface area contributed by atoms with Gasteiger partial charge in [-0.3, -0.25) is 4.79 Å². The van der Waals surface area contributed by atoms with Crippen molar-refractivity contribution >= 4 is 23.4 Å². The number of carbonyl (C=O) groups excluding carboxylic acids is 1. The smallest absolute Gasteiger partial charge is 0.441 e. The maximum absolute atomic E-state index is 11.9. The average molecular weight is 294 g/mol. The number of nitrogens with one attached hydrogen (secondary N) is 1. The summed E-state index contributed by atoms with van der Waals surface area (Å²) < 4.78 is 40.5. The maximum atomic E-state index is 11.9. The molecule has 1 aromatic rings. The lowest BCUT2D eigenvalue weighted by molar-refractivity contribution is -0.0327. The molecule has 0 heterocycles. The molecule has 0 radical (unpaired) electrons. The Labute approximate surface area is 112 Å². The number of nitrogens with two attached hydrogens (primary N) is 1. The highest BCUT2D eigenvalue weighted by atomic mass is 32.2. The summed E-state index contributed by atoms with van der Waals surface area (Å²) in [6.45, 7) is -0.0888. The van der Waals surface area contributed by atoms with Gasteiger partial charge in [0.1, 0.15) is 5.75 Å². The third-order valence-electron chi connectivity index (χ3n) is 2.16. The van der Waals surface area contributed by atoms with Crippen molar-refractivity contribution in [3.05, 3.63) is 23.8 Å². The molecule has 0 spiro atoms. The van der Waals surface area contributed by atoms with Crippen molar-refractivity contribution < 1.29 is 22.7 Å². The summed E-state index contributed by atoms with van der Waals surface area (Å²) >= 11 is -0.185. The fourth-order valence-electron chi connectivity index (χ4n) is 1.30. The Balaban J connectivity index is 2.50. The van der Waals surface area contributed by atoms with Crippen molar-refractivity contribution in [2.45, 2.75) is 5.51 Å². The first kappa shape index (κ1) is 15.5. The Bertz CT molecular complexity index is 452. The minimum Gasteiger partial charge on any atom is -0.497 e. The Morgan fingerprint density at radius 3 is 2.68 bits per heavy atom. The number of ether oxygens (including phenoxy) is 1. The van der Waals surface area contributed by atoms with Gasteiger partial charge in [-0.1, -0.05) is 0 Å². The molecule has 1 amide bonds. The van der Waals surface area contributed by atoms with Crippen LogP contribution in [0.1, 0.15) is 10.4 Å². The van der Waals surface area contributed by atoms with Crippen LogP contribution in [0.5, 0.6) is 5.75 Å². The summed E-state index contributed by atoms with van der Waals surface area (Å²) in [6.07, 6.45) is 0. The van der Waals surface area contributed by atoms with E-state index in [4.69, 9.17) is 10.5 Å². The molecular formula is C11H13F3N2O2S. The van der Waals surface area contributed by atoms with Gasteiger partial charge >= 0.3 is 5.51 Å². The SMILES string of the molecule is COc1ccc(C(=O)NCCSC(F)(F)F)c(N)c1. The van der Waals surface area contributed by atoms with E-state index in [1.54, 1.807) is 6.07 Å². The summed E-state index contributed by atoms with van der Waals surface area (Å²) in [5, 5.41) is 2.37. The lowest BCUT2D eigenvalue weighted by atomic mass is 10.1. The van der Waals surface area contributed by atoms with Crippen LogP contribution in [0.15, 0.2) is 18.2 Å². The minimum absolute atomic E-state index is 0.0888. The number of carbonyl (C=O) groups is 1. The third-order valence-corrected chi connectivity index (χ3v) is 2.89. The second-order valence-corrected chi connectivity index (χ2v) is 4.66. The number of thioether (sulfide) groups is 1. The molecule has 0 bridgehead atoms. The number of hydrogen-bond acceptors (Lipinski definition) is 4. The molecule has 0 aliphatic carbocycles. The van der Waals surface area contributed by atoms with Crippen LogP contribution in [0.2, 0.25) is 0 Å². The van der Waals surface area contributed by atoms with Crippen LogP contribution < -0.4 is 15.8 Å². The number of nitrogen functional groups attached to an aromatic ring is 1. The van der Waals surface area contributed by atoms with Gasteiger partial charge in [0.15, 0.2) is 0 Å². The molecule has 3 N–H and O–H groups in total. The van der Waals surface area contributed by atoms with Crippen LogP contribution >= 0.6 is 11.8 Å². The highest BCUT2D eigenvalue weighted by Crippen LogP contribution is 2.29. The van der Waals surface area contributed by atoms with Gasteiger partial charge < -0.3 is 15.8 Å². The first-order chi connectivity index (χ1) is 8.83. The molecule has 0 aliphatic rings. The summed E-state index contributed by atoms with van der Waals surface area (Å²) in [4.78, 5) is 11.7. The van der Waals surface area contributed by atoms with Gasteiger partial charge in [-0.15, -0.1) is 0 Å². The molecule has 0 unspecified atom stereocenters. The molecular weight excluding hydrogens is 281 g/mol. The standard InChI is InChI=1S/C11H13F3N2O2S/c1-18-7-2-3-8(9(15)6-7)10(17)16-4-5-19-11(12,13)14/h2-3,6H,4-5,15H2,1H3,(H,16,17). The predicted molar refractivity (Wildman–Crippen MR) is 68.3 cm³/mol. The van der Waals surface area contributed by atoms with E-state index >= 15 is 0 Å².